The Hall–Kier alpha value is -1.58. The van der Waals surface area contributed by atoms with E-state index in [2.05, 4.69) is 4.98 Å². The Morgan fingerprint density at radius 2 is 1.95 bits per heavy atom. The van der Waals surface area contributed by atoms with Gasteiger partial charge in [-0.1, -0.05) is 17.7 Å². The molecule has 1 aromatic carbocycles. The molecule has 100 valence electrons. The Kier molecular flexibility index (Phi) is 4.08. The molecule has 2 aromatic rings. The van der Waals surface area contributed by atoms with E-state index in [1.54, 1.807) is 0 Å². The van der Waals surface area contributed by atoms with Crippen molar-refractivity contribution in [1.29, 1.82) is 0 Å². The molecule has 0 radical (unpaired) electrons. The lowest BCUT2D eigenvalue weighted by atomic mass is 10.1. The number of rotatable bonds is 3. The van der Waals surface area contributed by atoms with Crippen LogP contribution in [0.2, 0.25) is 5.02 Å². The minimum Gasteiger partial charge on any atom is -0.437 e. The fourth-order valence-electron chi connectivity index (χ4n) is 1.95. The summed E-state index contributed by atoms with van der Waals surface area (Å²) in [6.07, 6.45) is 0. The van der Waals surface area contributed by atoms with Crippen LogP contribution in [-0.4, -0.2) is 4.98 Å². The highest BCUT2D eigenvalue weighted by Crippen LogP contribution is 2.31. The Balaban J connectivity index is 2.42. The second-order valence-corrected chi connectivity index (χ2v) is 5.01. The van der Waals surface area contributed by atoms with E-state index >= 15 is 0 Å². The number of aromatic nitrogens is 1. The zero-order valence-electron chi connectivity index (χ0n) is 11.3. The van der Waals surface area contributed by atoms with E-state index in [0.717, 1.165) is 22.4 Å². The maximum Gasteiger partial charge on any atom is 0.224 e. The first-order valence-electron chi connectivity index (χ1n) is 6.12. The minimum absolute atomic E-state index is 0.387. The summed E-state index contributed by atoms with van der Waals surface area (Å²) in [7, 11) is 0. The predicted molar refractivity (Wildman–Crippen MR) is 77.9 cm³/mol. The number of hydrogen-bond donors (Lipinski definition) is 1. The Bertz CT molecular complexity index is 611. The lowest BCUT2D eigenvalue weighted by Gasteiger charge is -2.13. The normalized spacial score (nSPS) is 10.6. The predicted octanol–water partition coefficient (Wildman–Crippen LogP) is 3.91. The van der Waals surface area contributed by atoms with E-state index in [1.807, 2.05) is 45.0 Å². The molecule has 0 amide bonds. The smallest absolute Gasteiger partial charge is 0.224 e. The Morgan fingerprint density at radius 3 is 2.58 bits per heavy atom. The van der Waals surface area contributed by atoms with Crippen molar-refractivity contribution in [3.8, 4) is 11.6 Å². The SMILES string of the molecule is Cc1ccc(Oc2nc(C)cc(C)c2CN)c(Cl)c1. The molecule has 0 saturated carbocycles. The lowest BCUT2D eigenvalue weighted by Crippen LogP contribution is -2.05. The molecule has 2 N–H and O–H groups in total. The lowest BCUT2D eigenvalue weighted by molar-refractivity contribution is 0.454. The highest BCUT2D eigenvalue weighted by molar-refractivity contribution is 6.32. The summed E-state index contributed by atoms with van der Waals surface area (Å²) in [5.41, 5.74) is 9.73. The van der Waals surface area contributed by atoms with Crippen LogP contribution < -0.4 is 10.5 Å². The van der Waals surface area contributed by atoms with Gasteiger partial charge in [0.05, 0.1) is 5.02 Å². The van der Waals surface area contributed by atoms with Gasteiger partial charge in [-0.2, -0.15) is 0 Å². The molecule has 1 heterocycles. The van der Waals surface area contributed by atoms with Crippen molar-refractivity contribution >= 4 is 11.6 Å². The van der Waals surface area contributed by atoms with Crippen molar-refractivity contribution in [2.75, 3.05) is 0 Å². The highest BCUT2D eigenvalue weighted by Gasteiger charge is 2.11. The van der Waals surface area contributed by atoms with E-state index in [0.29, 0.717) is 23.2 Å². The second-order valence-electron chi connectivity index (χ2n) is 4.60. The van der Waals surface area contributed by atoms with Crippen molar-refractivity contribution in [3.63, 3.8) is 0 Å². The van der Waals surface area contributed by atoms with Crippen LogP contribution in [0.4, 0.5) is 0 Å². The summed E-state index contributed by atoms with van der Waals surface area (Å²) in [6.45, 7) is 6.30. The molecule has 19 heavy (non-hydrogen) atoms. The fraction of sp³-hybridized carbons (Fsp3) is 0.267. The number of nitrogens with two attached hydrogens (primary N) is 1. The zero-order valence-corrected chi connectivity index (χ0v) is 12.1. The van der Waals surface area contributed by atoms with Gasteiger partial charge in [0, 0.05) is 17.8 Å². The summed E-state index contributed by atoms with van der Waals surface area (Å²) in [6, 6.07) is 7.65. The molecular weight excluding hydrogens is 260 g/mol. The first kappa shape index (κ1) is 13.8. The Labute approximate surface area is 118 Å². The van der Waals surface area contributed by atoms with Gasteiger partial charge < -0.3 is 10.5 Å². The van der Waals surface area contributed by atoms with E-state index < -0.39 is 0 Å². The van der Waals surface area contributed by atoms with Crippen LogP contribution in [0.5, 0.6) is 11.6 Å². The number of ether oxygens (including phenoxy) is 1. The largest absolute Gasteiger partial charge is 0.437 e. The molecule has 0 atom stereocenters. The van der Waals surface area contributed by atoms with Gasteiger partial charge in [0.2, 0.25) is 5.88 Å². The maximum atomic E-state index is 6.17. The minimum atomic E-state index is 0.387. The molecule has 0 fully saturated rings. The molecule has 0 spiro atoms. The van der Waals surface area contributed by atoms with Gasteiger partial charge in [-0.05, 0) is 50.1 Å². The second kappa shape index (κ2) is 5.59. The van der Waals surface area contributed by atoms with E-state index in [-0.39, 0.29) is 0 Å². The third kappa shape index (κ3) is 3.06. The van der Waals surface area contributed by atoms with Crippen LogP contribution in [-0.2, 0) is 6.54 Å². The molecule has 0 saturated heterocycles. The zero-order chi connectivity index (χ0) is 14.0. The van der Waals surface area contributed by atoms with Gasteiger partial charge in [0.25, 0.3) is 0 Å². The van der Waals surface area contributed by atoms with Crippen LogP contribution in [0, 0.1) is 20.8 Å². The summed E-state index contributed by atoms with van der Waals surface area (Å²) < 4.78 is 5.82. The van der Waals surface area contributed by atoms with Crippen LogP contribution in [0.1, 0.15) is 22.4 Å². The average molecular weight is 277 g/mol. The summed E-state index contributed by atoms with van der Waals surface area (Å²) in [5.74, 6) is 1.13. The number of pyridine rings is 1. The maximum absolute atomic E-state index is 6.17. The van der Waals surface area contributed by atoms with E-state index in [9.17, 15) is 0 Å². The molecule has 1 aromatic heterocycles. The van der Waals surface area contributed by atoms with Crippen LogP contribution in [0.3, 0.4) is 0 Å². The number of hydrogen-bond acceptors (Lipinski definition) is 3. The summed E-state index contributed by atoms with van der Waals surface area (Å²) in [5, 5.41) is 0.573. The van der Waals surface area contributed by atoms with Crippen molar-refractivity contribution in [1.82, 2.24) is 4.98 Å². The van der Waals surface area contributed by atoms with Gasteiger partial charge in [-0.15, -0.1) is 0 Å². The van der Waals surface area contributed by atoms with Gasteiger partial charge >= 0.3 is 0 Å². The molecule has 4 heteroatoms. The number of benzene rings is 1. The number of halogens is 1. The quantitative estimate of drug-likeness (QED) is 0.924. The monoisotopic (exact) mass is 276 g/mol. The van der Waals surface area contributed by atoms with Crippen molar-refractivity contribution in [3.05, 3.63) is 51.7 Å². The number of nitrogens with zero attached hydrogens (tertiary/aromatic N) is 1. The van der Waals surface area contributed by atoms with Crippen molar-refractivity contribution in [2.45, 2.75) is 27.3 Å². The third-order valence-corrected chi connectivity index (χ3v) is 3.23. The molecule has 0 bridgehead atoms. The van der Waals surface area contributed by atoms with Crippen molar-refractivity contribution < 1.29 is 4.74 Å². The van der Waals surface area contributed by atoms with Gasteiger partial charge in [-0.3, -0.25) is 0 Å². The van der Waals surface area contributed by atoms with E-state index in [1.165, 1.54) is 0 Å². The average Bonchev–Trinajstić information content (AvgIpc) is 2.32. The van der Waals surface area contributed by atoms with Crippen LogP contribution in [0.15, 0.2) is 24.3 Å². The topological polar surface area (TPSA) is 48.1 Å². The molecule has 0 unspecified atom stereocenters. The van der Waals surface area contributed by atoms with Gasteiger partial charge in [0.1, 0.15) is 5.75 Å². The van der Waals surface area contributed by atoms with Crippen LogP contribution >= 0.6 is 11.6 Å². The molecule has 0 aliphatic rings. The first-order chi connectivity index (χ1) is 9.01. The number of aryl methyl sites for hydroxylation is 3. The third-order valence-electron chi connectivity index (χ3n) is 2.94. The molecule has 2 rings (SSSR count). The van der Waals surface area contributed by atoms with Gasteiger partial charge in [0.15, 0.2) is 0 Å². The molecule has 0 aliphatic heterocycles. The van der Waals surface area contributed by atoms with Gasteiger partial charge in [-0.25, -0.2) is 4.98 Å². The molecular formula is C15H17ClN2O. The van der Waals surface area contributed by atoms with Crippen LogP contribution in [0.25, 0.3) is 0 Å². The Morgan fingerprint density at radius 1 is 1.21 bits per heavy atom. The fourth-order valence-corrected chi connectivity index (χ4v) is 2.23. The van der Waals surface area contributed by atoms with Crippen molar-refractivity contribution in [2.24, 2.45) is 5.73 Å². The first-order valence-corrected chi connectivity index (χ1v) is 6.50. The summed E-state index contributed by atoms with van der Waals surface area (Å²) >= 11 is 6.17. The van der Waals surface area contributed by atoms with E-state index in [4.69, 9.17) is 22.1 Å². The molecule has 3 nitrogen and oxygen atoms in total. The highest BCUT2D eigenvalue weighted by atomic mass is 35.5. The molecule has 0 aliphatic carbocycles. The standard InChI is InChI=1S/C15H17ClN2O/c1-9-4-5-14(13(16)6-9)19-15-12(8-17)10(2)7-11(3)18-15/h4-7H,8,17H2,1-3H3. The summed E-state index contributed by atoms with van der Waals surface area (Å²) in [4.78, 5) is 4.40.